The van der Waals surface area contributed by atoms with Crippen LogP contribution in [0.5, 0.6) is 0 Å². The molecule has 0 spiro atoms. The third kappa shape index (κ3) is 6.02. The Labute approximate surface area is 133 Å². The van der Waals surface area contributed by atoms with Gasteiger partial charge in [0.25, 0.3) is 0 Å². The largest absolute Gasteiger partial charge is 0.416 e. The van der Waals surface area contributed by atoms with Crippen LogP contribution in [0.15, 0.2) is 24.3 Å². The van der Waals surface area contributed by atoms with Gasteiger partial charge in [0.2, 0.25) is 0 Å². The average Bonchev–Trinajstić information content (AvgIpc) is 2.49. The van der Waals surface area contributed by atoms with Gasteiger partial charge in [-0.3, -0.25) is 0 Å². The summed E-state index contributed by atoms with van der Waals surface area (Å²) in [6, 6.07) is 5.95. The predicted molar refractivity (Wildman–Crippen MR) is 87.0 cm³/mol. The van der Waals surface area contributed by atoms with Crippen LogP contribution < -0.4 is 0 Å². The molecule has 0 radical (unpaired) electrons. The molecule has 126 valence electrons. The van der Waals surface area contributed by atoms with Gasteiger partial charge in [0, 0.05) is 0 Å². The van der Waals surface area contributed by atoms with Crippen molar-refractivity contribution in [1.82, 2.24) is 0 Å². The van der Waals surface area contributed by atoms with Crippen molar-refractivity contribution in [3.8, 4) is 0 Å². The Bertz CT molecular complexity index is 423. The summed E-state index contributed by atoms with van der Waals surface area (Å²) < 4.78 is 38.8. The van der Waals surface area contributed by atoms with E-state index >= 15 is 0 Å². The standard InChI is InChI=1S/C19H29F3/c1-4-7-10-16(13-15(6-3)9-5-2)17-11-8-12-18(14-17)19(20,21)22/h8,11-12,14-16H,4-7,9-10,13H2,1-3H3. The van der Waals surface area contributed by atoms with Crippen molar-refractivity contribution in [2.75, 3.05) is 0 Å². The molecule has 1 aromatic rings. The van der Waals surface area contributed by atoms with Crippen molar-refractivity contribution in [2.24, 2.45) is 5.92 Å². The van der Waals surface area contributed by atoms with Crippen LogP contribution in [0.25, 0.3) is 0 Å². The van der Waals surface area contributed by atoms with E-state index in [0.717, 1.165) is 50.5 Å². The van der Waals surface area contributed by atoms with Crippen molar-refractivity contribution in [3.63, 3.8) is 0 Å². The lowest BCUT2D eigenvalue weighted by Crippen LogP contribution is -2.10. The molecule has 0 aliphatic carbocycles. The topological polar surface area (TPSA) is 0 Å². The molecule has 0 N–H and O–H groups in total. The highest BCUT2D eigenvalue weighted by molar-refractivity contribution is 5.28. The number of unbranched alkanes of at least 4 members (excludes halogenated alkanes) is 1. The van der Waals surface area contributed by atoms with Gasteiger partial charge in [0.15, 0.2) is 0 Å². The maximum Gasteiger partial charge on any atom is 0.416 e. The van der Waals surface area contributed by atoms with E-state index < -0.39 is 11.7 Å². The first kappa shape index (κ1) is 19.1. The second-order valence-corrected chi connectivity index (χ2v) is 6.26. The zero-order valence-electron chi connectivity index (χ0n) is 14.0. The molecule has 3 heteroatoms. The number of hydrogen-bond acceptors (Lipinski definition) is 0. The summed E-state index contributed by atoms with van der Waals surface area (Å²) in [5.41, 5.74) is 0.341. The van der Waals surface area contributed by atoms with E-state index in [-0.39, 0.29) is 5.92 Å². The van der Waals surface area contributed by atoms with Crippen LogP contribution in [-0.2, 0) is 6.18 Å². The molecule has 0 fully saturated rings. The summed E-state index contributed by atoms with van der Waals surface area (Å²) >= 11 is 0. The van der Waals surface area contributed by atoms with E-state index in [9.17, 15) is 13.2 Å². The maximum atomic E-state index is 12.9. The first-order valence-electron chi connectivity index (χ1n) is 8.59. The lowest BCUT2D eigenvalue weighted by molar-refractivity contribution is -0.137. The monoisotopic (exact) mass is 314 g/mol. The van der Waals surface area contributed by atoms with Crippen LogP contribution in [0.2, 0.25) is 0 Å². The zero-order valence-corrected chi connectivity index (χ0v) is 14.0. The Kier molecular flexibility index (Phi) is 7.98. The first-order chi connectivity index (χ1) is 10.4. The van der Waals surface area contributed by atoms with E-state index in [4.69, 9.17) is 0 Å². The molecular formula is C19H29F3. The molecule has 0 aliphatic rings. The fourth-order valence-electron chi connectivity index (χ4n) is 3.14. The lowest BCUT2D eigenvalue weighted by Gasteiger charge is -2.24. The first-order valence-corrected chi connectivity index (χ1v) is 8.59. The Hall–Kier alpha value is -0.990. The van der Waals surface area contributed by atoms with E-state index in [1.54, 1.807) is 6.07 Å². The molecule has 0 aliphatic heterocycles. The smallest absolute Gasteiger partial charge is 0.166 e. The molecule has 0 heterocycles. The Morgan fingerprint density at radius 2 is 1.73 bits per heavy atom. The van der Waals surface area contributed by atoms with Crippen LogP contribution in [-0.4, -0.2) is 0 Å². The van der Waals surface area contributed by atoms with Crippen LogP contribution in [0.4, 0.5) is 13.2 Å². The van der Waals surface area contributed by atoms with Crippen molar-refractivity contribution in [2.45, 2.75) is 77.8 Å². The van der Waals surface area contributed by atoms with Crippen molar-refractivity contribution < 1.29 is 13.2 Å². The van der Waals surface area contributed by atoms with E-state index in [2.05, 4.69) is 20.8 Å². The summed E-state index contributed by atoms with van der Waals surface area (Å²) in [5, 5.41) is 0. The Morgan fingerprint density at radius 1 is 1.00 bits per heavy atom. The number of rotatable bonds is 9. The Morgan fingerprint density at radius 3 is 2.27 bits per heavy atom. The molecule has 0 saturated heterocycles. The van der Waals surface area contributed by atoms with Gasteiger partial charge in [0.05, 0.1) is 5.56 Å². The van der Waals surface area contributed by atoms with E-state index in [1.807, 2.05) is 6.07 Å². The lowest BCUT2D eigenvalue weighted by atomic mass is 9.82. The van der Waals surface area contributed by atoms with Crippen LogP contribution in [0.3, 0.4) is 0 Å². The van der Waals surface area contributed by atoms with Gasteiger partial charge in [-0.15, -0.1) is 0 Å². The summed E-state index contributed by atoms with van der Waals surface area (Å²) in [6.07, 6.45) is 3.31. The highest BCUT2D eigenvalue weighted by Gasteiger charge is 2.31. The molecular weight excluding hydrogens is 285 g/mol. The fraction of sp³-hybridized carbons (Fsp3) is 0.684. The van der Waals surface area contributed by atoms with Crippen molar-refractivity contribution >= 4 is 0 Å². The second-order valence-electron chi connectivity index (χ2n) is 6.26. The SMILES string of the molecule is CCCCC(CC(CC)CCC)c1cccc(C(F)(F)F)c1. The van der Waals surface area contributed by atoms with Crippen LogP contribution in [0.1, 0.15) is 82.8 Å². The van der Waals surface area contributed by atoms with Gasteiger partial charge in [-0.1, -0.05) is 71.1 Å². The highest BCUT2D eigenvalue weighted by Crippen LogP contribution is 2.36. The van der Waals surface area contributed by atoms with E-state index in [0.29, 0.717) is 5.92 Å². The summed E-state index contributed by atoms with van der Waals surface area (Å²) in [6.45, 7) is 6.49. The van der Waals surface area contributed by atoms with Crippen LogP contribution in [0, 0.1) is 5.92 Å². The molecule has 0 nitrogen and oxygen atoms in total. The second kappa shape index (κ2) is 9.22. The molecule has 0 bridgehead atoms. The van der Waals surface area contributed by atoms with Gasteiger partial charge < -0.3 is 0 Å². The molecule has 0 aromatic heterocycles. The molecule has 2 atom stereocenters. The van der Waals surface area contributed by atoms with Crippen molar-refractivity contribution in [1.29, 1.82) is 0 Å². The summed E-state index contributed by atoms with van der Waals surface area (Å²) in [4.78, 5) is 0. The minimum Gasteiger partial charge on any atom is -0.166 e. The third-order valence-electron chi connectivity index (χ3n) is 4.48. The quantitative estimate of drug-likeness (QED) is 0.452. The molecule has 1 aromatic carbocycles. The summed E-state index contributed by atoms with van der Waals surface area (Å²) in [7, 11) is 0. The van der Waals surface area contributed by atoms with Crippen LogP contribution >= 0.6 is 0 Å². The highest BCUT2D eigenvalue weighted by atomic mass is 19.4. The van der Waals surface area contributed by atoms with E-state index in [1.165, 1.54) is 12.1 Å². The number of hydrogen-bond donors (Lipinski definition) is 0. The average molecular weight is 314 g/mol. The Balaban J connectivity index is 2.95. The fourth-order valence-corrected chi connectivity index (χ4v) is 3.14. The molecule has 2 unspecified atom stereocenters. The minimum atomic E-state index is -4.25. The number of benzene rings is 1. The molecule has 22 heavy (non-hydrogen) atoms. The minimum absolute atomic E-state index is 0.249. The third-order valence-corrected chi connectivity index (χ3v) is 4.48. The number of alkyl halides is 3. The van der Waals surface area contributed by atoms with Gasteiger partial charge in [-0.2, -0.15) is 13.2 Å². The molecule has 0 amide bonds. The normalized spacial score (nSPS) is 14.8. The van der Waals surface area contributed by atoms with Crippen molar-refractivity contribution in [3.05, 3.63) is 35.4 Å². The maximum absolute atomic E-state index is 12.9. The van der Waals surface area contributed by atoms with Gasteiger partial charge >= 0.3 is 6.18 Å². The zero-order chi connectivity index (χ0) is 16.6. The molecule has 1 rings (SSSR count). The van der Waals surface area contributed by atoms with Gasteiger partial charge in [-0.05, 0) is 36.3 Å². The number of halogens is 3. The predicted octanol–water partition coefficient (Wildman–Crippen LogP) is 7.20. The van der Waals surface area contributed by atoms with Gasteiger partial charge in [0.1, 0.15) is 0 Å². The molecule has 0 saturated carbocycles. The summed E-state index contributed by atoms with van der Waals surface area (Å²) in [5.74, 6) is 0.861. The van der Waals surface area contributed by atoms with Gasteiger partial charge in [-0.25, -0.2) is 0 Å².